The van der Waals surface area contributed by atoms with Crippen molar-refractivity contribution in [2.45, 2.75) is 6.92 Å². The first-order chi connectivity index (χ1) is 8.58. The molecule has 0 saturated heterocycles. The monoisotopic (exact) mass is 264 g/mol. The summed E-state index contributed by atoms with van der Waals surface area (Å²) in [5, 5.41) is 12.1. The molecule has 0 fully saturated rings. The van der Waals surface area contributed by atoms with Gasteiger partial charge in [-0.05, 0) is 0 Å². The lowest BCUT2D eigenvalue weighted by molar-refractivity contribution is 0.0687. The second-order valence-electron chi connectivity index (χ2n) is 3.31. The van der Waals surface area contributed by atoms with Crippen molar-refractivity contribution < 1.29 is 14.7 Å². The van der Waals surface area contributed by atoms with E-state index in [2.05, 4.69) is 20.3 Å². The number of carboxylic acid groups (broad SMARTS) is 1. The van der Waals surface area contributed by atoms with Crippen molar-refractivity contribution >= 4 is 33.9 Å². The van der Waals surface area contributed by atoms with Gasteiger partial charge in [0.05, 0.1) is 18.1 Å². The molecule has 2 aromatic heterocycles. The molecule has 2 aromatic rings. The maximum Gasteiger partial charge on any atom is 0.356 e. The number of hydrogen-bond donors (Lipinski definition) is 2. The minimum atomic E-state index is -1.23. The number of Topliss-reactive ketones (excluding diaryl/α,β-unsaturated/α-hetero) is 1. The van der Waals surface area contributed by atoms with Crippen molar-refractivity contribution in [3.63, 3.8) is 0 Å². The molecule has 0 unspecified atom stereocenters. The van der Waals surface area contributed by atoms with Gasteiger partial charge in [-0.1, -0.05) is 11.3 Å². The van der Waals surface area contributed by atoms with Crippen molar-refractivity contribution in [1.29, 1.82) is 0 Å². The van der Waals surface area contributed by atoms with Crippen LogP contribution < -0.4 is 5.32 Å². The largest absolute Gasteiger partial charge is 0.476 e. The summed E-state index contributed by atoms with van der Waals surface area (Å²) < 4.78 is 0. The highest BCUT2D eigenvalue weighted by molar-refractivity contribution is 7.17. The molecule has 18 heavy (non-hydrogen) atoms. The van der Waals surface area contributed by atoms with Crippen molar-refractivity contribution in [3.8, 4) is 0 Å². The highest BCUT2D eigenvalue weighted by atomic mass is 32.1. The average molecular weight is 264 g/mol. The lowest BCUT2D eigenvalue weighted by Gasteiger charge is -1.98. The number of nitrogens with zero attached hydrogens (tertiary/aromatic N) is 3. The van der Waals surface area contributed by atoms with Gasteiger partial charge >= 0.3 is 5.97 Å². The van der Waals surface area contributed by atoms with Crippen LogP contribution in [0.4, 0.5) is 10.8 Å². The standard InChI is InChI=1S/C10H8N4O3S/c1-5(15)8-7(9(16)17)14-10(18-8)13-6-2-11-4-12-3-6/h2-4H,1H3,(H,13,14)(H,16,17). The highest BCUT2D eigenvalue weighted by Crippen LogP contribution is 2.26. The Kier molecular flexibility index (Phi) is 3.28. The van der Waals surface area contributed by atoms with Crippen molar-refractivity contribution in [3.05, 3.63) is 29.3 Å². The van der Waals surface area contributed by atoms with Crippen LogP contribution in [0.3, 0.4) is 0 Å². The Labute approximate surface area is 106 Å². The third-order valence-electron chi connectivity index (χ3n) is 1.96. The number of ketones is 1. The molecule has 2 heterocycles. The van der Waals surface area contributed by atoms with Crippen LogP contribution in [-0.4, -0.2) is 31.8 Å². The summed E-state index contributed by atoms with van der Waals surface area (Å²) in [5.41, 5.74) is 0.324. The van der Waals surface area contributed by atoms with Crippen molar-refractivity contribution in [2.24, 2.45) is 0 Å². The predicted molar refractivity (Wildman–Crippen MR) is 64.4 cm³/mol. The second-order valence-corrected chi connectivity index (χ2v) is 4.31. The van der Waals surface area contributed by atoms with Crippen LogP contribution >= 0.6 is 11.3 Å². The number of carbonyl (C=O) groups excluding carboxylic acids is 1. The van der Waals surface area contributed by atoms with Gasteiger partial charge in [0.15, 0.2) is 16.6 Å². The van der Waals surface area contributed by atoms with E-state index in [1.807, 2.05) is 0 Å². The topological polar surface area (TPSA) is 105 Å². The van der Waals surface area contributed by atoms with Gasteiger partial charge in [0.2, 0.25) is 0 Å². The molecule has 0 amide bonds. The molecule has 2 rings (SSSR count). The van der Waals surface area contributed by atoms with Crippen LogP contribution in [0, 0.1) is 0 Å². The van der Waals surface area contributed by atoms with Crippen LogP contribution in [0.15, 0.2) is 18.7 Å². The van der Waals surface area contributed by atoms with Gasteiger partial charge in [-0.25, -0.2) is 19.7 Å². The Morgan fingerprint density at radius 1 is 1.33 bits per heavy atom. The molecule has 0 aromatic carbocycles. The lowest BCUT2D eigenvalue weighted by Crippen LogP contribution is -2.03. The molecular weight excluding hydrogens is 256 g/mol. The maximum atomic E-state index is 11.3. The van der Waals surface area contributed by atoms with Gasteiger partial charge < -0.3 is 10.4 Å². The Hall–Kier alpha value is -2.35. The molecule has 0 aliphatic heterocycles. The molecule has 0 saturated carbocycles. The molecule has 7 nitrogen and oxygen atoms in total. The number of hydrogen-bond acceptors (Lipinski definition) is 7. The quantitative estimate of drug-likeness (QED) is 0.807. The van der Waals surface area contributed by atoms with E-state index < -0.39 is 5.97 Å². The number of rotatable bonds is 4. The first-order valence-electron chi connectivity index (χ1n) is 4.85. The van der Waals surface area contributed by atoms with Gasteiger partial charge in [-0.15, -0.1) is 0 Å². The van der Waals surface area contributed by atoms with Gasteiger partial charge in [-0.2, -0.15) is 0 Å². The first-order valence-corrected chi connectivity index (χ1v) is 5.66. The maximum absolute atomic E-state index is 11.3. The van der Waals surface area contributed by atoms with Gasteiger partial charge in [0, 0.05) is 6.92 Å². The minimum absolute atomic E-state index is 0.113. The molecule has 0 aliphatic rings. The molecule has 2 N–H and O–H groups in total. The number of nitrogens with one attached hydrogen (secondary N) is 1. The Morgan fingerprint density at radius 3 is 2.50 bits per heavy atom. The second kappa shape index (κ2) is 4.88. The van der Waals surface area contributed by atoms with E-state index in [1.165, 1.54) is 25.6 Å². The molecule has 0 radical (unpaired) electrons. The molecule has 8 heteroatoms. The first kappa shape index (κ1) is 12.1. The number of anilines is 2. The van der Waals surface area contributed by atoms with Gasteiger partial charge in [0.1, 0.15) is 11.2 Å². The SMILES string of the molecule is CC(=O)c1sc(Nc2cncnc2)nc1C(=O)O. The summed E-state index contributed by atoms with van der Waals surface area (Å²) in [4.78, 5) is 33.8. The molecule has 0 atom stereocenters. The predicted octanol–water partition coefficient (Wildman–Crippen LogP) is 1.58. The van der Waals surface area contributed by atoms with Crippen LogP contribution in [0.2, 0.25) is 0 Å². The lowest BCUT2D eigenvalue weighted by atomic mass is 10.3. The van der Waals surface area contributed by atoms with E-state index in [0.29, 0.717) is 10.8 Å². The third kappa shape index (κ3) is 2.48. The van der Waals surface area contributed by atoms with E-state index >= 15 is 0 Å². The van der Waals surface area contributed by atoms with E-state index in [-0.39, 0.29) is 16.4 Å². The Morgan fingerprint density at radius 2 is 2.00 bits per heavy atom. The molecule has 0 spiro atoms. The van der Waals surface area contributed by atoms with E-state index in [9.17, 15) is 9.59 Å². The fourth-order valence-electron chi connectivity index (χ4n) is 1.24. The van der Waals surface area contributed by atoms with Crippen LogP contribution in [0.5, 0.6) is 0 Å². The van der Waals surface area contributed by atoms with E-state index in [0.717, 1.165) is 11.3 Å². The van der Waals surface area contributed by atoms with Crippen LogP contribution in [-0.2, 0) is 0 Å². The Bertz CT molecular complexity index is 565. The highest BCUT2D eigenvalue weighted by Gasteiger charge is 2.20. The smallest absolute Gasteiger partial charge is 0.356 e. The van der Waals surface area contributed by atoms with Gasteiger partial charge in [0.25, 0.3) is 0 Å². The normalized spacial score (nSPS) is 10.1. The summed E-state index contributed by atoms with van der Waals surface area (Å²) >= 11 is 0.983. The number of aromatic carboxylic acids is 1. The van der Waals surface area contributed by atoms with Crippen LogP contribution in [0.25, 0.3) is 0 Å². The molecule has 92 valence electrons. The Balaban J connectivity index is 2.33. The van der Waals surface area contributed by atoms with Crippen molar-refractivity contribution in [1.82, 2.24) is 15.0 Å². The van der Waals surface area contributed by atoms with Crippen molar-refractivity contribution in [2.75, 3.05) is 5.32 Å². The number of aromatic nitrogens is 3. The summed E-state index contributed by atoms with van der Waals surface area (Å²) in [6.45, 7) is 1.30. The van der Waals surface area contributed by atoms with Crippen LogP contribution in [0.1, 0.15) is 27.1 Å². The third-order valence-corrected chi connectivity index (χ3v) is 3.03. The zero-order chi connectivity index (χ0) is 13.1. The molecular formula is C10H8N4O3S. The summed E-state index contributed by atoms with van der Waals surface area (Å²) in [6, 6.07) is 0. The average Bonchev–Trinajstić information content (AvgIpc) is 2.74. The molecule has 0 bridgehead atoms. The number of carbonyl (C=O) groups is 2. The fraction of sp³-hybridized carbons (Fsp3) is 0.100. The summed E-state index contributed by atoms with van der Waals surface area (Å²) in [5.74, 6) is -1.56. The minimum Gasteiger partial charge on any atom is -0.476 e. The van der Waals surface area contributed by atoms with E-state index in [1.54, 1.807) is 0 Å². The number of thiazole rings is 1. The zero-order valence-corrected chi connectivity index (χ0v) is 10.1. The summed E-state index contributed by atoms with van der Waals surface area (Å²) in [6.07, 6.45) is 4.40. The zero-order valence-electron chi connectivity index (χ0n) is 9.25. The number of carboxylic acids is 1. The van der Waals surface area contributed by atoms with Gasteiger partial charge in [-0.3, -0.25) is 4.79 Å². The van der Waals surface area contributed by atoms with E-state index in [4.69, 9.17) is 5.11 Å². The fourth-order valence-corrected chi connectivity index (χ4v) is 2.12. The summed E-state index contributed by atoms with van der Waals surface area (Å²) in [7, 11) is 0. The molecule has 0 aliphatic carbocycles.